The van der Waals surface area contributed by atoms with Gasteiger partial charge in [-0.1, -0.05) is 0 Å². The fourth-order valence-corrected chi connectivity index (χ4v) is 1.22. The molecule has 0 aromatic heterocycles. The van der Waals surface area contributed by atoms with Crippen LogP contribution >= 0.6 is 0 Å². The highest BCUT2D eigenvalue weighted by Crippen LogP contribution is 2.21. The van der Waals surface area contributed by atoms with Crippen molar-refractivity contribution < 1.29 is 19.0 Å². The number of benzene rings is 1. The zero-order valence-corrected chi connectivity index (χ0v) is 8.00. The maximum atomic E-state index is 13.4. The summed E-state index contributed by atoms with van der Waals surface area (Å²) in [5, 5.41) is 8.54. The monoisotopic (exact) mass is 198 g/mol. The normalized spacial score (nSPS) is 9.93. The van der Waals surface area contributed by atoms with E-state index in [2.05, 4.69) is 0 Å². The Labute approximate surface area is 81.1 Å². The van der Waals surface area contributed by atoms with E-state index in [1.165, 1.54) is 19.2 Å². The SMILES string of the molecule is COc1cc(C)c(F)c(CC(=O)O)c1. The highest BCUT2D eigenvalue weighted by molar-refractivity contribution is 5.70. The molecule has 0 unspecified atom stereocenters. The number of halogens is 1. The van der Waals surface area contributed by atoms with Crippen LogP contribution in [0, 0.1) is 12.7 Å². The smallest absolute Gasteiger partial charge is 0.307 e. The van der Waals surface area contributed by atoms with Gasteiger partial charge in [-0.15, -0.1) is 0 Å². The van der Waals surface area contributed by atoms with Crippen LogP contribution < -0.4 is 4.74 Å². The minimum absolute atomic E-state index is 0.148. The van der Waals surface area contributed by atoms with Crippen molar-refractivity contribution in [2.24, 2.45) is 0 Å². The van der Waals surface area contributed by atoms with E-state index in [0.717, 1.165) is 0 Å². The third kappa shape index (κ3) is 2.22. The Balaban J connectivity index is 3.13. The van der Waals surface area contributed by atoms with Gasteiger partial charge in [0.1, 0.15) is 11.6 Å². The predicted octanol–water partition coefficient (Wildman–Crippen LogP) is 1.77. The number of carboxylic acids is 1. The first-order valence-electron chi connectivity index (χ1n) is 4.09. The third-order valence-corrected chi connectivity index (χ3v) is 1.88. The molecular formula is C10H11FO3. The molecule has 0 heterocycles. The molecule has 3 nitrogen and oxygen atoms in total. The molecule has 0 amide bonds. The Hall–Kier alpha value is -1.58. The maximum Gasteiger partial charge on any atom is 0.307 e. The van der Waals surface area contributed by atoms with E-state index < -0.39 is 11.8 Å². The number of rotatable bonds is 3. The molecule has 76 valence electrons. The minimum Gasteiger partial charge on any atom is -0.497 e. The Morgan fingerprint density at radius 2 is 2.21 bits per heavy atom. The summed E-state index contributed by atoms with van der Waals surface area (Å²) < 4.78 is 18.3. The van der Waals surface area contributed by atoms with Crippen LogP contribution in [-0.4, -0.2) is 18.2 Å². The van der Waals surface area contributed by atoms with Crippen molar-refractivity contribution in [2.45, 2.75) is 13.3 Å². The van der Waals surface area contributed by atoms with Gasteiger partial charge in [0.25, 0.3) is 0 Å². The van der Waals surface area contributed by atoms with Crippen LogP contribution in [0.25, 0.3) is 0 Å². The van der Waals surface area contributed by atoms with Gasteiger partial charge in [-0.3, -0.25) is 4.79 Å². The molecule has 0 atom stereocenters. The molecule has 0 saturated carbocycles. The van der Waals surface area contributed by atoms with Crippen molar-refractivity contribution in [1.82, 2.24) is 0 Å². The summed E-state index contributed by atoms with van der Waals surface area (Å²) in [6, 6.07) is 2.93. The number of methoxy groups -OCH3 is 1. The number of aliphatic carboxylic acids is 1. The second-order valence-electron chi connectivity index (χ2n) is 2.99. The van der Waals surface area contributed by atoms with Crippen molar-refractivity contribution in [3.63, 3.8) is 0 Å². The molecular weight excluding hydrogens is 187 g/mol. The summed E-state index contributed by atoms with van der Waals surface area (Å²) >= 11 is 0. The molecule has 0 radical (unpaired) electrons. The van der Waals surface area contributed by atoms with Gasteiger partial charge in [-0.2, -0.15) is 0 Å². The molecule has 0 aliphatic heterocycles. The van der Waals surface area contributed by atoms with Crippen LogP contribution in [0.3, 0.4) is 0 Å². The largest absolute Gasteiger partial charge is 0.497 e. The average Bonchev–Trinajstić information content (AvgIpc) is 2.11. The Kier molecular flexibility index (Phi) is 3.06. The molecule has 0 bridgehead atoms. The fraction of sp³-hybridized carbons (Fsp3) is 0.300. The third-order valence-electron chi connectivity index (χ3n) is 1.88. The molecule has 0 aliphatic rings. The van der Waals surface area contributed by atoms with Crippen molar-refractivity contribution in [2.75, 3.05) is 7.11 Å². The summed E-state index contributed by atoms with van der Waals surface area (Å²) in [6.45, 7) is 1.57. The quantitative estimate of drug-likeness (QED) is 0.805. The lowest BCUT2D eigenvalue weighted by atomic mass is 10.1. The maximum absolute atomic E-state index is 13.4. The molecule has 0 spiro atoms. The molecule has 14 heavy (non-hydrogen) atoms. The number of hydrogen-bond donors (Lipinski definition) is 1. The Bertz CT molecular complexity index is 361. The van der Waals surface area contributed by atoms with Crippen LogP contribution in [0.5, 0.6) is 5.75 Å². The van der Waals surface area contributed by atoms with Gasteiger partial charge >= 0.3 is 5.97 Å². The van der Waals surface area contributed by atoms with Crippen LogP contribution in [0.4, 0.5) is 4.39 Å². The first-order chi connectivity index (χ1) is 6.54. The predicted molar refractivity (Wildman–Crippen MR) is 49.0 cm³/mol. The summed E-state index contributed by atoms with van der Waals surface area (Å²) in [6.07, 6.45) is -0.329. The van der Waals surface area contributed by atoms with Crippen LogP contribution in [-0.2, 0) is 11.2 Å². The molecule has 4 heteroatoms. The summed E-state index contributed by atoms with van der Waals surface area (Å²) in [4.78, 5) is 10.4. The van der Waals surface area contributed by atoms with E-state index in [0.29, 0.717) is 11.3 Å². The van der Waals surface area contributed by atoms with E-state index in [9.17, 15) is 9.18 Å². The molecule has 0 saturated heterocycles. The number of hydrogen-bond acceptors (Lipinski definition) is 2. The Morgan fingerprint density at radius 1 is 1.57 bits per heavy atom. The molecule has 1 rings (SSSR count). The molecule has 0 fully saturated rings. The molecule has 1 aromatic rings. The van der Waals surface area contributed by atoms with Gasteiger partial charge in [0, 0.05) is 5.56 Å². The standard InChI is InChI=1S/C10H11FO3/c1-6-3-8(14-2)4-7(10(6)11)5-9(12)13/h3-4H,5H2,1-2H3,(H,12,13). The molecule has 1 aromatic carbocycles. The highest BCUT2D eigenvalue weighted by Gasteiger charge is 2.11. The summed E-state index contributed by atoms with van der Waals surface area (Å²) in [7, 11) is 1.46. The van der Waals surface area contributed by atoms with Gasteiger partial charge in [0.2, 0.25) is 0 Å². The van der Waals surface area contributed by atoms with Crippen LogP contribution in [0.15, 0.2) is 12.1 Å². The zero-order valence-electron chi connectivity index (χ0n) is 8.00. The lowest BCUT2D eigenvalue weighted by molar-refractivity contribution is -0.136. The second kappa shape index (κ2) is 4.09. The zero-order chi connectivity index (χ0) is 10.7. The van der Waals surface area contributed by atoms with Gasteiger partial charge in [-0.25, -0.2) is 4.39 Å². The first kappa shape index (κ1) is 10.5. The topological polar surface area (TPSA) is 46.5 Å². The Morgan fingerprint density at radius 3 is 2.71 bits per heavy atom. The van der Waals surface area contributed by atoms with E-state index in [1.54, 1.807) is 6.92 Å². The van der Waals surface area contributed by atoms with Crippen LogP contribution in [0.2, 0.25) is 0 Å². The first-order valence-corrected chi connectivity index (χ1v) is 4.09. The number of ether oxygens (including phenoxy) is 1. The van der Waals surface area contributed by atoms with Gasteiger partial charge < -0.3 is 9.84 Å². The summed E-state index contributed by atoms with van der Waals surface area (Å²) in [5.41, 5.74) is 0.537. The minimum atomic E-state index is -1.06. The average molecular weight is 198 g/mol. The number of carbonyl (C=O) groups is 1. The van der Waals surface area contributed by atoms with Gasteiger partial charge in [-0.05, 0) is 24.6 Å². The van der Waals surface area contributed by atoms with Crippen LogP contribution in [0.1, 0.15) is 11.1 Å². The number of carboxylic acid groups (broad SMARTS) is 1. The van der Waals surface area contributed by atoms with E-state index in [1.807, 2.05) is 0 Å². The van der Waals surface area contributed by atoms with E-state index in [4.69, 9.17) is 9.84 Å². The van der Waals surface area contributed by atoms with Gasteiger partial charge in [0.05, 0.1) is 13.5 Å². The lowest BCUT2D eigenvalue weighted by Gasteiger charge is -2.06. The highest BCUT2D eigenvalue weighted by atomic mass is 19.1. The lowest BCUT2D eigenvalue weighted by Crippen LogP contribution is -2.04. The number of aryl methyl sites for hydroxylation is 1. The van der Waals surface area contributed by atoms with E-state index >= 15 is 0 Å². The van der Waals surface area contributed by atoms with Crippen molar-refractivity contribution in [1.29, 1.82) is 0 Å². The van der Waals surface area contributed by atoms with E-state index in [-0.39, 0.29) is 12.0 Å². The summed E-state index contributed by atoms with van der Waals surface area (Å²) in [5.74, 6) is -1.06. The van der Waals surface area contributed by atoms with Crippen molar-refractivity contribution in [3.05, 3.63) is 29.1 Å². The van der Waals surface area contributed by atoms with Crippen molar-refractivity contribution in [3.8, 4) is 5.75 Å². The second-order valence-corrected chi connectivity index (χ2v) is 2.99. The molecule has 0 aliphatic carbocycles. The van der Waals surface area contributed by atoms with Gasteiger partial charge in [0.15, 0.2) is 0 Å². The molecule has 1 N–H and O–H groups in total. The van der Waals surface area contributed by atoms with Crippen molar-refractivity contribution >= 4 is 5.97 Å². The fourth-order valence-electron chi connectivity index (χ4n) is 1.22.